The smallest absolute Gasteiger partial charge is 0.274 e. The van der Waals surface area contributed by atoms with Gasteiger partial charge < -0.3 is 9.47 Å². The van der Waals surface area contributed by atoms with Crippen molar-refractivity contribution < 1.29 is 22.7 Å². The molecule has 0 radical (unpaired) electrons. The van der Waals surface area contributed by atoms with Crippen LogP contribution in [0.15, 0.2) is 77.9 Å². The quantitative estimate of drug-likeness (QED) is 0.551. The highest BCUT2D eigenvalue weighted by Gasteiger charge is 2.35. The summed E-state index contributed by atoms with van der Waals surface area (Å²) in [6.07, 6.45) is 1.54. The van der Waals surface area contributed by atoms with Crippen LogP contribution in [-0.2, 0) is 10.0 Å². The third-order valence-electron chi connectivity index (χ3n) is 5.46. The number of rotatable bonds is 7. The summed E-state index contributed by atoms with van der Waals surface area (Å²) in [6, 6.07) is 20.9. The molecule has 0 unspecified atom stereocenters. The Balaban J connectivity index is 1.73. The minimum atomic E-state index is -3.38. The van der Waals surface area contributed by atoms with E-state index in [4.69, 9.17) is 14.6 Å². The molecule has 0 fully saturated rings. The molecule has 3 aromatic rings. The number of anilines is 1. The zero-order valence-corrected chi connectivity index (χ0v) is 19.9. The van der Waals surface area contributed by atoms with E-state index in [1.54, 1.807) is 56.7 Å². The molecule has 3 aromatic carbocycles. The van der Waals surface area contributed by atoms with Gasteiger partial charge in [0, 0.05) is 23.2 Å². The summed E-state index contributed by atoms with van der Waals surface area (Å²) in [7, 11) is -0.211. The standard InChI is InChI=1S/C25H25N3O5S/c1-32-20-13-14-24(33-2)21(15-20)23-16-22(17-9-11-19(12-10-17)27-34(3,30)31)26-28(23)25(29)18-7-5-4-6-8-18/h4-15,23,27H,16H2,1-3H3/t23-/m1/s1. The van der Waals surface area contributed by atoms with Crippen LogP contribution in [0.4, 0.5) is 5.69 Å². The van der Waals surface area contributed by atoms with Crippen molar-refractivity contribution in [2.45, 2.75) is 12.5 Å². The van der Waals surface area contributed by atoms with Gasteiger partial charge in [0.1, 0.15) is 11.5 Å². The van der Waals surface area contributed by atoms with E-state index in [-0.39, 0.29) is 5.91 Å². The first-order valence-corrected chi connectivity index (χ1v) is 12.4. The molecule has 0 saturated heterocycles. The summed E-state index contributed by atoms with van der Waals surface area (Å²) in [5.41, 5.74) is 3.24. The Labute approximate surface area is 198 Å². The zero-order chi connectivity index (χ0) is 24.3. The van der Waals surface area contributed by atoms with E-state index >= 15 is 0 Å². The van der Waals surface area contributed by atoms with Crippen LogP contribution in [0.25, 0.3) is 0 Å². The molecule has 1 aliphatic heterocycles. The van der Waals surface area contributed by atoms with Gasteiger partial charge >= 0.3 is 0 Å². The normalized spacial score (nSPS) is 15.6. The largest absolute Gasteiger partial charge is 0.497 e. The van der Waals surface area contributed by atoms with Gasteiger partial charge in [-0.2, -0.15) is 5.10 Å². The average Bonchev–Trinajstić information content (AvgIpc) is 3.28. The third-order valence-corrected chi connectivity index (χ3v) is 6.06. The third kappa shape index (κ3) is 5.04. The fourth-order valence-corrected chi connectivity index (χ4v) is 4.44. The van der Waals surface area contributed by atoms with E-state index in [0.29, 0.717) is 34.9 Å². The first-order chi connectivity index (χ1) is 16.3. The maximum Gasteiger partial charge on any atom is 0.274 e. The molecule has 8 nitrogen and oxygen atoms in total. The van der Waals surface area contributed by atoms with Crippen molar-refractivity contribution >= 4 is 27.3 Å². The lowest BCUT2D eigenvalue weighted by molar-refractivity contribution is 0.0709. The number of methoxy groups -OCH3 is 2. The number of hydrogen-bond acceptors (Lipinski definition) is 6. The summed E-state index contributed by atoms with van der Waals surface area (Å²) in [6.45, 7) is 0. The number of nitrogens with one attached hydrogen (secondary N) is 1. The van der Waals surface area contributed by atoms with E-state index in [1.165, 1.54) is 5.01 Å². The van der Waals surface area contributed by atoms with Gasteiger partial charge in [0.05, 0.1) is 32.2 Å². The highest BCUT2D eigenvalue weighted by molar-refractivity contribution is 7.92. The molecule has 1 atom stereocenters. The Kier molecular flexibility index (Phi) is 6.56. The molecule has 34 heavy (non-hydrogen) atoms. The van der Waals surface area contributed by atoms with Crippen LogP contribution in [0.5, 0.6) is 11.5 Å². The second-order valence-corrected chi connectivity index (χ2v) is 9.59. The molecular weight excluding hydrogens is 454 g/mol. The molecule has 1 aliphatic rings. The molecule has 0 saturated carbocycles. The second kappa shape index (κ2) is 9.56. The van der Waals surface area contributed by atoms with E-state index in [2.05, 4.69) is 4.72 Å². The van der Waals surface area contributed by atoms with Gasteiger partial charge in [0.25, 0.3) is 5.91 Å². The van der Waals surface area contributed by atoms with Crippen molar-refractivity contribution in [1.29, 1.82) is 0 Å². The lowest BCUT2D eigenvalue weighted by Crippen LogP contribution is -2.27. The van der Waals surface area contributed by atoms with Crippen molar-refractivity contribution in [2.75, 3.05) is 25.2 Å². The van der Waals surface area contributed by atoms with Crippen LogP contribution in [0.3, 0.4) is 0 Å². The summed E-state index contributed by atoms with van der Waals surface area (Å²) in [5.74, 6) is 1.04. The topological polar surface area (TPSA) is 97.3 Å². The van der Waals surface area contributed by atoms with Crippen molar-refractivity contribution in [3.63, 3.8) is 0 Å². The summed E-state index contributed by atoms with van der Waals surface area (Å²) in [4.78, 5) is 13.4. The molecule has 0 aliphatic carbocycles. The molecule has 0 bridgehead atoms. The number of carbonyl (C=O) groups excluding carboxylic acids is 1. The van der Waals surface area contributed by atoms with Crippen molar-refractivity contribution in [3.8, 4) is 11.5 Å². The Bertz CT molecular complexity index is 1320. The SMILES string of the molecule is COc1ccc(OC)c([C@H]2CC(c3ccc(NS(C)(=O)=O)cc3)=NN2C(=O)c2ccccc2)c1. The van der Waals surface area contributed by atoms with Crippen LogP contribution in [-0.4, -0.2) is 45.5 Å². The van der Waals surface area contributed by atoms with E-state index < -0.39 is 16.1 Å². The molecule has 1 heterocycles. The lowest BCUT2D eigenvalue weighted by atomic mass is 9.97. The van der Waals surface area contributed by atoms with Crippen molar-refractivity contribution in [1.82, 2.24) is 5.01 Å². The molecule has 176 valence electrons. The molecule has 0 spiro atoms. The van der Waals surface area contributed by atoms with Crippen LogP contribution in [0.2, 0.25) is 0 Å². The van der Waals surface area contributed by atoms with E-state index in [9.17, 15) is 13.2 Å². The number of hydrazone groups is 1. The number of ether oxygens (including phenoxy) is 2. The summed E-state index contributed by atoms with van der Waals surface area (Å²) in [5, 5.41) is 6.17. The number of amides is 1. The summed E-state index contributed by atoms with van der Waals surface area (Å²) >= 11 is 0. The van der Waals surface area contributed by atoms with Gasteiger partial charge in [0.15, 0.2) is 0 Å². The number of nitrogens with zero attached hydrogens (tertiary/aromatic N) is 2. The van der Waals surface area contributed by atoms with E-state index in [0.717, 1.165) is 17.4 Å². The molecule has 0 aromatic heterocycles. The molecule has 9 heteroatoms. The Hall–Kier alpha value is -3.85. The molecular formula is C25H25N3O5S. The Morgan fingerprint density at radius 2 is 1.71 bits per heavy atom. The lowest BCUT2D eigenvalue weighted by Gasteiger charge is -2.24. The summed E-state index contributed by atoms with van der Waals surface area (Å²) < 4.78 is 36.4. The Morgan fingerprint density at radius 1 is 1.00 bits per heavy atom. The maximum absolute atomic E-state index is 13.4. The van der Waals surface area contributed by atoms with Gasteiger partial charge in [0.2, 0.25) is 10.0 Å². The van der Waals surface area contributed by atoms with Crippen molar-refractivity contribution in [2.24, 2.45) is 5.10 Å². The van der Waals surface area contributed by atoms with Crippen LogP contribution in [0, 0.1) is 0 Å². The minimum Gasteiger partial charge on any atom is -0.497 e. The number of sulfonamides is 1. The minimum absolute atomic E-state index is 0.235. The zero-order valence-electron chi connectivity index (χ0n) is 19.1. The fraction of sp³-hybridized carbons (Fsp3) is 0.200. The van der Waals surface area contributed by atoms with Gasteiger partial charge in [-0.1, -0.05) is 30.3 Å². The predicted octanol–water partition coefficient (Wildman–Crippen LogP) is 4.07. The number of carbonyl (C=O) groups is 1. The monoisotopic (exact) mass is 479 g/mol. The fourth-order valence-electron chi connectivity index (χ4n) is 3.87. The Morgan fingerprint density at radius 3 is 2.32 bits per heavy atom. The molecule has 1 N–H and O–H groups in total. The van der Waals surface area contributed by atoms with Crippen LogP contribution in [0.1, 0.15) is 33.9 Å². The number of hydrogen-bond donors (Lipinski definition) is 1. The van der Waals surface area contributed by atoms with Gasteiger partial charge in [-0.05, 0) is 48.0 Å². The molecule has 4 rings (SSSR count). The van der Waals surface area contributed by atoms with Crippen LogP contribution < -0.4 is 14.2 Å². The van der Waals surface area contributed by atoms with E-state index in [1.807, 2.05) is 30.3 Å². The molecule has 1 amide bonds. The van der Waals surface area contributed by atoms with Gasteiger partial charge in [-0.25, -0.2) is 13.4 Å². The predicted molar refractivity (Wildman–Crippen MR) is 131 cm³/mol. The first kappa shape index (κ1) is 23.3. The van der Waals surface area contributed by atoms with Gasteiger partial charge in [-0.15, -0.1) is 0 Å². The maximum atomic E-state index is 13.4. The highest BCUT2D eigenvalue weighted by Crippen LogP contribution is 2.40. The second-order valence-electron chi connectivity index (χ2n) is 7.84. The van der Waals surface area contributed by atoms with Crippen molar-refractivity contribution in [3.05, 3.63) is 89.5 Å². The highest BCUT2D eigenvalue weighted by atomic mass is 32.2. The number of benzene rings is 3. The average molecular weight is 480 g/mol. The first-order valence-electron chi connectivity index (χ1n) is 10.6. The van der Waals surface area contributed by atoms with Gasteiger partial charge in [-0.3, -0.25) is 9.52 Å². The van der Waals surface area contributed by atoms with Crippen LogP contribution >= 0.6 is 0 Å².